The molecule has 1 fully saturated rings. The highest BCUT2D eigenvalue weighted by molar-refractivity contribution is 7.10. The van der Waals surface area contributed by atoms with Crippen molar-refractivity contribution in [3.63, 3.8) is 0 Å². The van der Waals surface area contributed by atoms with Gasteiger partial charge in [-0.2, -0.15) is 0 Å². The molecule has 0 aliphatic carbocycles. The fourth-order valence-electron chi connectivity index (χ4n) is 3.69. The number of hydrogen-bond donors (Lipinski definition) is 1. The zero-order chi connectivity index (χ0) is 21.4. The number of amides is 1. The number of halogens is 1. The third-order valence-electron chi connectivity index (χ3n) is 5.32. The van der Waals surface area contributed by atoms with Crippen LogP contribution in [0.25, 0.3) is 5.76 Å². The summed E-state index contributed by atoms with van der Waals surface area (Å²) in [6.45, 7) is 3.91. The van der Waals surface area contributed by atoms with Gasteiger partial charge in [-0.15, -0.1) is 11.3 Å². The number of benzene rings is 2. The first-order valence-electron chi connectivity index (χ1n) is 9.62. The molecule has 1 aliphatic heterocycles. The van der Waals surface area contributed by atoms with E-state index in [9.17, 15) is 14.7 Å². The first-order chi connectivity index (χ1) is 14.4. The molecule has 1 aromatic heterocycles. The number of aliphatic hydroxyl groups is 1. The number of hydrogen-bond acceptors (Lipinski definition) is 4. The van der Waals surface area contributed by atoms with Crippen LogP contribution in [0.2, 0.25) is 5.02 Å². The van der Waals surface area contributed by atoms with Crippen molar-refractivity contribution in [1.82, 2.24) is 0 Å². The van der Waals surface area contributed by atoms with Gasteiger partial charge in [0.1, 0.15) is 11.8 Å². The summed E-state index contributed by atoms with van der Waals surface area (Å²) in [4.78, 5) is 28.4. The summed E-state index contributed by atoms with van der Waals surface area (Å²) in [6.07, 6.45) is 0.870. The van der Waals surface area contributed by atoms with Gasteiger partial charge in [-0.3, -0.25) is 14.5 Å². The van der Waals surface area contributed by atoms with E-state index in [4.69, 9.17) is 11.6 Å². The lowest BCUT2D eigenvalue weighted by molar-refractivity contribution is -0.132. The first-order valence-corrected chi connectivity index (χ1v) is 10.9. The Labute approximate surface area is 184 Å². The number of Topliss-reactive ketones (excluding diaryl/α,β-unsaturated/α-hetero) is 1. The van der Waals surface area contributed by atoms with Crippen LogP contribution >= 0.6 is 22.9 Å². The number of anilines is 1. The van der Waals surface area contributed by atoms with E-state index in [2.05, 4.69) is 0 Å². The smallest absolute Gasteiger partial charge is 0.300 e. The summed E-state index contributed by atoms with van der Waals surface area (Å²) >= 11 is 7.62. The number of aliphatic hydroxyl groups excluding tert-OH is 1. The minimum atomic E-state index is -0.715. The standard InChI is InChI=1S/C24H20ClNO3S/c1-3-15-7-9-16(10-8-15)22(27)20-21(19-5-4-12-30-19)26(24(29)23(20)28)18-13-17(25)11-6-14(18)2/h4-13,21,27H,3H2,1-2H3/b22-20-. The van der Waals surface area contributed by atoms with Gasteiger partial charge < -0.3 is 5.11 Å². The van der Waals surface area contributed by atoms with Crippen molar-refractivity contribution >= 4 is 46.1 Å². The lowest BCUT2D eigenvalue weighted by atomic mass is 9.98. The highest BCUT2D eigenvalue weighted by Crippen LogP contribution is 2.44. The van der Waals surface area contributed by atoms with Gasteiger partial charge in [0.2, 0.25) is 0 Å². The Morgan fingerprint density at radius 3 is 2.50 bits per heavy atom. The Morgan fingerprint density at radius 1 is 1.13 bits per heavy atom. The number of rotatable bonds is 4. The van der Waals surface area contributed by atoms with Crippen molar-refractivity contribution in [3.8, 4) is 0 Å². The molecule has 1 N–H and O–H groups in total. The van der Waals surface area contributed by atoms with Gasteiger partial charge in [0.25, 0.3) is 11.7 Å². The summed E-state index contributed by atoms with van der Waals surface area (Å²) in [5.41, 5.74) is 3.09. The Hall–Kier alpha value is -2.89. The summed E-state index contributed by atoms with van der Waals surface area (Å²) in [5, 5.41) is 13.4. The highest BCUT2D eigenvalue weighted by atomic mass is 35.5. The van der Waals surface area contributed by atoms with Crippen molar-refractivity contribution in [1.29, 1.82) is 0 Å². The SMILES string of the molecule is CCc1ccc(/C(O)=C2/C(=O)C(=O)N(c3cc(Cl)ccc3C)C2c2cccs2)cc1. The third kappa shape index (κ3) is 3.44. The second kappa shape index (κ2) is 8.09. The Morgan fingerprint density at radius 2 is 1.87 bits per heavy atom. The quantitative estimate of drug-likeness (QED) is 0.314. The first kappa shape index (κ1) is 20.4. The lowest BCUT2D eigenvalue weighted by Crippen LogP contribution is -2.29. The maximum atomic E-state index is 13.1. The Balaban J connectivity index is 1.92. The molecule has 6 heteroatoms. The molecule has 2 heterocycles. The number of thiophene rings is 1. The van der Waals surface area contributed by atoms with Crippen LogP contribution in [-0.2, 0) is 16.0 Å². The molecule has 4 nitrogen and oxygen atoms in total. The normalized spacial score (nSPS) is 18.2. The van der Waals surface area contributed by atoms with Gasteiger partial charge in [-0.05, 0) is 48.1 Å². The molecule has 3 aromatic rings. The van der Waals surface area contributed by atoms with Crippen LogP contribution in [0.3, 0.4) is 0 Å². The van der Waals surface area contributed by atoms with Gasteiger partial charge in [0, 0.05) is 21.2 Å². The number of carbonyl (C=O) groups is 2. The fourth-order valence-corrected chi connectivity index (χ4v) is 4.68. The van der Waals surface area contributed by atoms with Crippen molar-refractivity contribution in [2.75, 3.05) is 4.90 Å². The van der Waals surface area contributed by atoms with E-state index in [1.165, 1.54) is 16.2 Å². The average molecular weight is 438 g/mol. The van der Waals surface area contributed by atoms with E-state index in [1.807, 2.05) is 49.6 Å². The summed E-state index contributed by atoms with van der Waals surface area (Å²) in [5.74, 6) is -1.55. The molecule has 152 valence electrons. The average Bonchev–Trinajstić information content (AvgIpc) is 3.37. The lowest BCUT2D eigenvalue weighted by Gasteiger charge is -2.25. The molecule has 4 rings (SSSR count). The maximum Gasteiger partial charge on any atom is 0.300 e. The molecule has 0 saturated carbocycles. The van der Waals surface area contributed by atoms with Crippen molar-refractivity contribution in [3.05, 3.63) is 92.1 Å². The number of carbonyl (C=O) groups excluding carboxylic acids is 2. The third-order valence-corrected chi connectivity index (χ3v) is 6.48. The van der Waals surface area contributed by atoms with Crippen LogP contribution in [0.15, 0.2) is 65.6 Å². The predicted octanol–water partition coefficient (Wildman–Crippen LogP) is 5.90. The van der Waals surface area contributed by atoms with E-state index >= 15 is 0 Å². The second-order valence-corrected chi connectivity index (χ2v) is 8.58. The van der Waals surface area contributed by atoms with Crippen LogP contribution in [0.1, 0.15) is 34.5 Å². The number of nitrogens with zero attached hydrogens (tertiary/aromatic N) is 1. The molecule has 30 heavy (non-hydrogen) atoms. The van der Waals surface area contributed by atoms with Crippen LogP contribution < -0.4 is 4.90 Å². The zero-order valence-electron chi connectivity index (χ0n) is 16.6. The minimum Gasteiger partial charge on any atom is -0.507 e. The van der Waals surface area contributed by atoms with E-state index in [1.54, 1.807) is 24.3 Å². The molecule has 1 amide bonds. The molecule has 0 bridgehead atoms. The predicted molar refractivity (Wildman–Crippen MR) is 121 cm³/mol. The van der Waals surface area contributed by atoms with E-state index < -0.39 is 17.7 Å². The molecule has 0 radical (unpaired) electrons. The van der Waals surface area contributed by atoms with Gasteiger partial charge in [0.05, 0.1) is 5.57 Å². The second-order valence-electron chi connectivity index (χ2n) is 7.17. The van der Waals surface area contributed by atoms with Gasteiger partial charge in [0.15, 0.2) is 0 Å². The molecular formula is C24H20ClNO3S. The Bertz CT molecular complexity index is 1150. The van der Waals surface area contributed by atoms with Crippen LogP contribution in [0, 0.1) is 6.92 Å². The topological polar surface area (TPSA) is 57.6 Å². The molecule has 1 aliphatic rings. The molecule has 2 aromatic carbocycles. The maximum absolute atomic E-state index is 13.1. The summed E-state index contributed by atoms with van der Waals surface area (Å²) in [6, 6.07) is 15.6. The molecule has 1 unspecified atom stereocenters. The highest BCUT2D eigenvalue weighted by Gasteiger charge is 2.47. The zero-order valence-corrected chi connectivity index (χ0v) is 18.1. The monoisotopic (exact) mass is 437 g/mol. The van der Waals surface area contributed by atoms with Crippen LogP contribution in [0.5, 0.6) is 0 Å². The summed E-state index contributed by atoms with van der Waals surface area (Å²) in [7, 11) is 0. The van der Waals surface area contributed by atoms with Gasteiger partial charge in [-0.1, -0.05) is 54.9 Å². The molecule has 1 atom stereocenters. The molecule has 1 saturated heterocycles. The summed E-state index contributed by atoms with van der Waals surface area (Å²) < 4.78 is 0. The van der Waals surface area contributed by atoms with Crippen molar-refractivity contribution in [2.45, 2.75) is 26.3 Å². The van der Waals surface area contributed by atoms with Crippen molar-refractivity contribution < 1.29 is 14.7 Å². The largest absolute Gasteiger partial charge is 0.507 e. The minimum absolute atomic E-state index is 0.0890. The van der Waals surface area contributed by atoms with E-state index in [0.717, 1.165) is 22.4 Å². The van der Waals surface area contributed by atoms with Gasteiger partial charge in [-0.25, -0.2) is 0 Å². The van der Waals surface area contributed by atoms with E-state index in [-0.39, 0.29) is 11.3 Å². The number of aryl methyl sites for hydroxylation is 2. The van der Waals surface area contributed by atoms with Crippen LogP contribution in [-0.4, -0.2) is 16.8 Å². The van der Waals surface area contributed by atoms with Crippen molar-refractivity contribution in [2.24, 2.45) is 0 Å². The number of ketones is 1. The van der Waals surface area contributed by atoms with Gasteiger partial charge >= 0.3 is 0 Å². The Kier molecular flexibility index (Phi) is 5.50. The van der Waals surface area contributed by atoms with Crippen LogP contribution in [0.4, 0.5) is 5.69 Å². The fraction of sp³-hybridized carbons (Fsp3) is 0.167. The van der Waals surface area contributed by atoms with E-state index in [0.29, 0.717) is 16.3 Å². The molecule has 0 spiro atoms. The molecular weight excluding hydrogens is 418 g/mol.